The molecule has 0 spiro atoms. The molecule has 3 rings (SSSR count). The van der Waals surface area contributed by atoms with Crippen LogP contribution in [0.25, 0.3) is 11.3 Å². The Balaban J connectivity index is 1.77. The van der Waals surface area contributed by atoms with Gasteiger partial charge in [0.1, 0.15) is 6.61 Å². The fraction of sp³-hybridized carbons (Fsp3) is 0.412. The maximum atomic E-state index is 11.5. The zero-order valence-electron chi connectivity index (χ0n) is 14.0. The minimum Gasteiger partial charge on any atom is -0.493 e. The van der Waals surface area contributed by atoms with Gasteiger partial charge in [0, 0.05) is 23.4 Å². The number of hydrogen-bond acceptors (Lipinski definition) is 6. The van der Waals surface area contributed by atoms with Gasteiger partial charge in [-0.25, -0.2) is 9.78 Å². The minimum absolute atomic E-state index is 0.233. The molecule has 1 aromatic carbocycles. The fourth-order valence-electron chi connectivity index (χ4n) is 2.67. The van der Waals surface area contributed by atoms with Gasteiger partial charge in [0.2, 0.25) is 0 Å². The summed E-state index contributed by atoms with van der Waals surface area (Å²) in [7, 11) is 3.24. The Hall–Kier alpha value is -2.28. The monoisotopic (exact) mass is 348 g/mol. The predicted octanol–water partition coefficient (Wildman–Crippen LogP) is 3.13. The van der Waals surface area contributed by atoms with Crippen molar-refractivity contribution in [2.24, 2.45) is 0 Å². The van der Waals surface area contributed by atoms with E-state index in [0.29, 0.717) is 31.2 Å². The summed E-state index contributed by atoms with van der Waals surface area (Å²) >= 11 is 1.66. The highest BCUT2D eigenvalue weighted by Gasteiger charge is 2.22. The predicted molar refractivity (Wildman–Crippen MR) is 92.0 cm³/mol. The third-order valence-electron chi connectivity index (χ3n) is 3.94. The van der Waals surface area contributed by atoms with Crippen molar-refractivity contribution < 1.29 is 19.0 Å². The molecule has 1 fully saturated rings. The maximum Gasteiger partial charge on any atom is 0.409 e. The zero-order valence-corrected chi connectivity index (χ0v) is 14.8. The summed E-state index contributed by atoms with van der Waals surface area (Å²) in [6.45, 7) is 3.83. The van der Waals surface area contributed by atoms with Crippen LogP contribution in [0.4, 0.5) is 4.79 Å². The number of aromatic nitrogens is 1. The third-order valence-corrected chi connectivity index (χ3v) is 4.97. The van der Waals surface area contributed by atoms with Crippen LogP contribution in [0, 0.1) is 6.92 Å². The Labute approximate surface area is 145 Å². The molecule has 0 N–H and O–H groups in total. The molecule has 2 heterocycles. The molecule has 7 heteroatoms. The van der Waals surface area contributed by atoms with Crippen LogP contribution in [0.2, 0.25) is 0 Å². The van der Waals surface area contributed by atoms with E-state index in [0.717, 1.165) is 27.6 Å². The number of amides is 1. The molecule has 1 amide bonds. The number of nitrogens with zero attached hydrogens (tertiary/aromatic N) is 2. The van der Waals surface area contributed by atoms with Gasteiger partial charge in [-0.15, -0.1) is 11.3 Å². The molecule has 0 aliphatic carbocycles. The SMILES string of the molecule is COc1ccc(-c2nc(CCN3CCOC3=O)sc2C)cc1OC. The molecule has 6 nitrogen and oxygen atoms in total. The topological polar surface area (TPSA) is 60.9 Å². The average Bonchev–Trinajstić information content (AvgIpc) is 3.17. The molecule has 128 valence electrons. The second-order valence-corrected chi connectivity index (χ2v) is 6.72. The van der Waals surface area contributed by atoms with Crippen LogP contribution in [0.15, 0.2) is 18.2 Å². The number of carbonyl (C=O) groups is 1. The Morgan fingerprint density at radius 1 is 1.29 bits per heavy atom. The molecule has 0 unspecified atom stereocenters. The lowest BCUT2D eigenvalue weighted by atomic mass is 10.1. The molecule has 0 saturated carbocycles. The first-order valence-electron chi connectivity index (χ1n) is 7.72. The van der Waals surface area contributed by atoms with Crippen LogP contribution in [0.1, 0.15) is 9.88 Å². The van der Waals surface area contributed by atoms with Crippen LogP contribution in [0.5, 0.6) is 11.5 Å². The van der Waals surface area contributed by atoms with Gasteiger partial charge in [-0.2, -0.15) is 0 Å². The van der Waals surface area contributed by atoms with E-state index < -0.39 is 0 Å². The number of hydrogen-bond donors (Lipinski definition) is 0. The van der Waals surface area contributed by atoms with Gasteiger partial charge in [-0.1, -0.05) is 0 Å². The highest BCUT2D eigenvalue weighted by molar-refractivity contribution is 7.12. The van der Waals surface area contributed by atoms with Crippen LogP contribution in [-0.4, -0.2) is 49.9 Å². The van der Waals surface area contributed by atoms with Gasteiger partial charge >= 0.3 is 6.09 Å². The second-order valence-electron chi connectivity index (χ2n) is 5.43. The number of cyclic esters (lactones) is 1. The lowest BCUT2D eigenvalue weighted by Crippen LogP contribution is -2.26. The average molecular weight is 348 g/mol. The molecular weight excluding hydrogens is 328 g/mol. The van der Waals surface area contributed by atoms with Crippen molar-refractivity contribution in [3.63, 3.8) is 0 Å². The van der Waals surface area contributed by atoms with E-state index in [9.17, 15) is 4.79 Å². The van der Waals surface area contributed by atoms with E-state index in [1.165, 1.54) is 0 Å². The minimum atomic E-state index is -0.233. The molecule has 1 aromatic heterocycles. The van der Waals surface area contributed by atoms with Gasteiger partial charge in [-0.3, -0.25) is 0 Å². The first kappa shape index (κ1) is 16.6. The summed E-state index contributed by atoms with van der Waals surface area (Å²) in [6, 6.07) is 5.79. The molecule has 2 aromatic rings. The summed E-state index contributed by atoms with van der Waals surface area (Å²) in [5.41, 5.74) is 1.94. The lowest BCUT2D eigenvalue weighted by Gasteiger charge is -2.10. The molecule has 0 atom stereocenters. The van der Waals surface area contributed by atoms with Crippen molar-refractivity contribution in [1.29, 1.82) is 0 Å². The van der Waals surface area contributed by atoms with Gasteiger partial charge in [0.15, 0.2) is 11.5 Å². The number of methoxy groups -OCH3 is 2. The van der Waals surface area contributed by atoms with Crippen LogP contribution >= 0.6 is 11.3 Å². The number of carbonyl (C=O) groups excluding carboxylic acids is 1. The Bertz CT molecular complexity index is 744. The third kappa shape index (κ3) is 3.31. The smallest absolute Gasteiger partial charge is 0.409 e. The quantitative estimate of drug-likeness (QED) is 0.803. The normalized spacial score (nSPS) is 14.0. The van der Waals surface area contributed by atoms with Crippen molar-refractivity contribution in [2.75, 3.05) is 33.9 Å². The molecule has 1 saturated heterocycles. The van der Waals surface area contributed by atoms with Crippen molar-refractivity contribution in [3.8, 4) is 22.8 Å². The van der Waals surface area contributed by atoms with Gasteiger partial charge in [0.05, 0.1) is 31.5 Å². The summed E-state index contributed by atoms with van der Waals surface area (Å²) in [4.78, 5) is 19.1. The maximum absolute atomic E-state index is 11.5. The van der Waals surface area contributed by atoms with Crippen molar-refractivity contribution in [3.05, 3.63) is 28.1 Å². The van der Waals surface area contributed by atoms with E-state index in [2.05, 4.69) is 6.92 Å². The first-order valence-corrected chi connectivity index (χ1v) is 8.54. The van der Waals surface area contributed by atoms with Crippen LogP contribution in [-0.2, 0) is 11.2 Å². The van der Waals surface area contributed by atoms with Gasteiger partial charge in [-0.05, 0) is 25.1 Å². The Kier molecular flexibility index (Phi) is 4.89. The molecule has 1 aliphatic heterocycles. The van der Waals surface area contributed by atoms with Crippen LogP contribution in [0.3, 0.4) is 0 Å². The Morgan fingerprint density at radius 2 is 2.08 bits per heavy atom. The van der Waals surface area contributed by atoms with E-state index in [1.807, 2.05) is 18.2 Å². The zero-order chi connectivity index (χ0) is 17.1. The van der Waals surface area contributed by atoms with Gasteiger partial charge < -0.3 is 19.1 Å². The van der Waals surface area contributed by atoms with Crippen LogP contribution < -0.4 is 9.47 Å². The lowest BCUT2D eigenvalue weighted by molar-refractivity contribution is 0.159. The largest absolute Gasteiger partial charge is 0.493 e. The number of ether oxygens (including phenoxy) is 3. The summed E-state index contributed by atoms with van der Waals surface area (Å²) in [5, 5.41) is 1.01. The van der Waals surface area contributed by atoms with E-state index >= 15 is 0 Å². The fourth-order valence-corrected chi connectivity index (χ4v) is 3.61. The van der Waals surface area contributed by atoms with Crippen molar-refractivity contribution in [1.82, 2.24) is 9.88 Å². The highest BCUT2D eigenvalue weighted by atomic mass is 32.1. The van der Waals surface area contributed by atoms with Crippen molar-refractivity contribution >= 4 is 17.4 Å². The summed E-state index contributed by atoms with van der Waals surface area (Å²) < 4.78 is 15.6. The number of rotatable bonds is 6. The van der Waals surface area contributed by atoms with E-state index in [1.54, 1.807) is 30.5 Å². The molecular formula is C17H20N2O4S. The molecule has 0 radical (unpaired) electrons. The Morgan fingerprint density at radius 3 is 2.75 bits per heavy atom. The van der Waals surface area contributed by atoms with E-state index in [4.69, 9.17) is 19.2 Å². The molecule has 0 bridgehead atoms. The standard InChI is InChI=1S/C17H20N2O4S/c1-11-16(12-4-5-13(21-2)14(10-12)22-3)18-15(24-11)6-7-19-8-9-23-17(19)20/h4-5,10H,6-9H2,1-3H3. The first-order chi connectivity index (χ1) is 11.6. The van der Waals surface area contributed by atoms with Gasteiger partial charge in [0.25, 0.3) is 0 Å². The summed E-state index contributed by atoms with van der Waals surface area (Å²) in [6.07, 6.45) is 0.497. The summed E-state index contributed by atoms with van der Waals surface area (Å²) in [5.74, 6) is 1.38. The number of aryl methyl sites for hydroxylation is 1. The van der Waals surface area contributed by atoms with E-state index in [-0.39, 0.29) is 6.09 Å². The molecule has 24 heavy (non-hydrogen) atoms. The highest BCUT2D eigenvalue weighted by Crippen LogP contribution is 2.34. The molecule has 1 aliphatic rings. The second kappa shape index (κ2) is 7.09. The van der Waals surface area contributed by atoms with Crippen molar-refractivity contribution in [2.45, 2.75) is 13.3 Å². The number of benzene rings is 1. The number of thiazole rings is 1.